The van der Waals surface area contributed by atoms with Gasteiger partial charge in [0.1, 0.15) is 6.61 Å². The van der Waals surface area contributed by atoms with Crippen molar-refractivity contribution in [3.63, 3.8) is 0 Å². The fourth-order valence-electron chi connectivity index (χ4n) is 1.40. The van der Waals surface area contributed by atoms with Crippen LogP contribution in [0.5, 0.6) is 5.75 Å². The van der Waals surface area contributed by atoms with Gasteiger partial charge in [0.2, 0.25) is 5.03 Å². The lowest BCUT2D eigenvalue weighted by Crippen LogP contribution is -2.02. The lowest BCUT2D eigenvalue weighted by molar-refractivity contribution is 0.295. The molecule has 0 radical (unpaired) electrons. The number of hydrogen-bond donors (Lipinski definition) is 0. The summed E-state index contributed by atoms with van der Waals surface area (Å²) >= 11 is 0. The van der Waals surface area contributed by atoms with Gasteiger partial charge >= 0.3 is 0 Å². The van der Waals surface area contributed by atoms with E-state index in [0.717, 1.165) is 5.56 Å². The number of hydrogen-bond acceptors (Lipinski definition) is 4. The topological polar surface area (TPSA) is 56.3 Å². The first kappa shape index (κ1) is 15.8. The van der Waals surface area contributed by atoms with E-state index in [1.54, 1.807) is 6.07 Å². The van der Waals surface area contributed by atoms with Crippen molar-refractivity contribution in [3.05, 3.63) is 54.2 Å². The van der Waals surface area contributed by atoms with Crippen molar-refractivity contribution < 1.29 is 13.2 Å². The van der Waals surface area contributed by atoms with E-state index in [9.17, 15) is 8.42 Å². The van der Waals surface area contributed by atoms with Gasteiger partial charge in [-0.3, -0.25) is 0 Å². The molecule has 19 heavy (non-hydrogen) atoms. The summed E-state index contributed by atoms with van der Waals surface area (Å²) < 4.78 is 28.0. The standard InChI is InChI=1S/C12H10ClNO3S.ClH/c13-18(15,16)12-11(7-4-8-14-12)17-9-10-5-2-1-3-6-10;/h1-8H,9H2;1H. The Balaban J connectivity index is 0.00000180. The molecule has 102 valence electrons. The van der Waals surface area contributed by atoms with Crippen LogP contribution in [0.2, 0.25) is 0 Å². The zero-order valence-corrected chi connectivity index (χ0v) is 12.1. The van der Waals surface area contributed by atoms with Crippen LogP contribution in [-0.2, 0) is 15.7 Å². The predicted molar refractivity (Wildman–Crippen MR) is 75.3 cm³/mol. The van der Waals surface area contributed by atoms with Gasteiger partial charge in [0.15, 0.2) is 5.75 Å². The maximum Gasteiger partial charge on any atom is 0.282 e. The first-order valence-corrected chi connectivity index (χ1v) is 7.45. The number of rotatable bonds is 4. The number of nitrogens with zero attached hydrogens (tertiary/aromatic N) is 1. The highest BCUT2D eigenvalue weighted by Crippen LogP contribution is 2.24. The average Bonchev–Trinajstić information content (AvgIpc) is 2.37. The van der Waals surface area contributed by atoms with Gasteiger partial charge in [-0.15, -0.1) is 12.4 Å². The number of aromatic nitrogens is 1. The minimum Gasteiger partial charge on any atom is -0.486 e. The van der Waals surface area contributed by atoms with E-state index in [1.807, 2.05) is 30.3 Å². The zero-order valence-electron chi connectivity index (χ0n) is 9.69. The van der Waals surface area contributed by atoms with Crippen LogP contribution in [0, 0.1) is 0 Å². The molecule has 0 amide bonds. The van der Waals surface area contributed by atoms with Gasteiger partial charge in [-0.2, -0.15) is 0 Å². The Morgan fingerprint density at radius 3 is 2.42 bits per heavy atom. The monoisotopic (exact) mass is 319 g/mol. The van der Waals surface area contributed by atoms with Gasteiger partial charge in [0, 0.05) is 16.9 Å². The molecule has 2 rings (SSSR count). The fraction of sp³-hybridized carbons (Fsp3) is 0.0833. The summed E-state index contributed by atoms with van der Waals surface area (Å²) in [4.78, 5) is 3.72. The Hall–Kier alpha value is -1.30. The molecule has 1 heterocycles. The Labute approximate surface area is 122 Å². The van der Waals surface area contributed by atoms with Crippen LogP contribution in [0.3, 0.4) is 0 Å². The lowest BCUT2D eigenvalue weighted by atomic mass is 10.2. The molecule has 0 saturated heterocycles. The average molecular weight is 320 g/mol. The molecule has 1 aromatic heterocycles. The summed E-state index contributed by atoms with van der Waals surface area (Å²) in [6, 6.07) is 12.5. The summed E-state index contributed by atoms with van der Waals surface area (Å²) in [6.07, 6.45) is 1.35. The first-order chi connectivity index (χ1) is 8.57. The molecule has 0 aliphatic heterocycles. The van der Waals surface area contributed by atoms with Crippen molar-refractivity contribution >= 4 is 32.1 Å². The van der Waals surface area contributed by atoms with E-state index >= 15 is 0 Å². The third-order valence-corrected chi connectivity index (χ3v) is 3.41. The molecule has 0 unspecified atom stereocenters. The highest BCUT2D eigenvalue weighted by Gasteiger charge is 2.18. The van der Waals surface area contributed by atoms with Crippen LogP contribution in [-0.4, -0.2) is 13.4 Å². The van der Waals surface area contributed by atoms with Crippen molar-refractivity contribution in [1.29, 1.82) is 0 Å². The molecule has 0 bridgehead atoms. The number of pyridine rings is 1. The van der Waals surface area contributed by atoms with Gasteiger partial charge in [-0.25, -0.2) is 13.4 Å². The zero-order chi connectivity index (χ0) is 13.0. The second kappa shape index (κ2) is 6.75. The lowest BCUT2D eigenvalue weighted by Gasteiger charge is -2.08. The van der Waals surface area contributed by atoms with Crippen LogP contribution >= 0.6 is 23.1 Å². The van der Waals surface area contributed by atoms with E-state index in [-0.39, 0.29) is 29.8 Å². The quantitative estimate of drug-likeness (QED) is 0.813. The molecule has 4 nitrogen and oxygen atoms in total. The third-order valence-electron chi connectivity index (χ3n) is 2.20. The molecule has 7 heteroatoms. The van der Waals surface area contributed by atoms with Crippen LogP contribution in [0.15, 0.2) is 53.7 Å². The van der Waals surface area contributed by atoms with E-state index in [0.29, 0.717) is 0 Å². The second-order valence-corrected chi connectivity index (χ2v) is 6.00. The smallest absolute Gasteiger partial charge is 0.282 e. The van der Waals surface area contributed by atoms with Gasteiger partial charge < -0.3 is 4.74 Å². The van der Waals surface area contributed by atoms with Crippen LogP contribution in [0.1, 0.15) is 5.56 Å². The van der Waals surface area contributed by atoms with E-state index < -0.39 is 9.05 Å². The summed E-state index contributed by atoms with van der Waals surface area (Å²) in [5.41, 5.74) is 0.930. The Morgan fingerprint density at radius 1 is 1.11 bits per heavy atom. The molecular formula is C12H11Cl2NO3S. The van der Waals surface area contributed by atoms with Gasteiger partial charge in [-0.05, 0) is 17.7 Å². The van der Waals surface area contributed by atoms with Crippen LogP contribution in [0.4, 0.5) is 0 Å². The van der Waals surface area contributed by atoms with Crippen LogP contribution in [0.25, 0.3) is 0 Å². The molecule has 0 atom stereocenters. The number of halogens is 2. The minimum absolute atomic E-state index is 0. The van der Waals surface area contributed by atoms with Crippen molar-refractivity contribution in [1.82, 2.24) is 4.98 Å². The fourth-order valence-corrected chi connectivity index (χ4v) is 2.31. The summed E-state index contributed by atoms with van der Waals surface area (Å²) in [5.74, 6) is 0.149. The van der Waals surface area contributed by atoms with Gasteiger partial charge in [-0.1, -0.05) is 30.3 Å². The Kier molecular flexibility index (Phi) is 5.60. The number of benzene rings is 1. The van der Waals surface area contributed by atoms with Crippen LogP contribution < -0.4 is 4.74 Å². The van der Waals surface area contributed by atoms with Gasteiger partial charge in [0.05, 0.1) is 0 Å². The molecule has 0 spiro atoms. The van der Waals surface area contributed by atoms with Crippen molar-refractivity contribution in [2.75, 3.05) is 0 Å². The molecule has 0 saturated carbocycles. The van der Waals surface area contributed by atoms with Crippen molar-refractivity contribution in [2.45, 2.75) is 11.6 Å². The highest BCUT2D eigenvalue weighted by atomic mass is 35.7. The van der Waals surface area contributed by atoms with E-state index in [4.69, 9.17) is 15.4 Å². The molecule has 0 N–H and O–H groups in total. The molecule has 0 aliphatic rings. The Bertz CT molecular complexity index is 632. The van der Waals surface area contributed by atoms with Crippen molar-refractivity contribution in [2.24, 2.45) is 0 Å². The van der Waals surface area contributed by atoms with E-state index in [1.165, 1.54) is 12.3 Å². The molecule has 2 aromatic rings. The predicted octanol–water partition coefficient (Wildman–Crippen LogP) is 3.01. The van der Waals surface area contributed by atoms with E-state index in [2.05, 4.69) is 4.98 Å². The highest BCUT2D eigenvalue weighted by molar-refractivity contribution is 8.13. The SMILES string of the molecule is Cl.O=S(=O)(Cl)c1ncccc1OCc1ccccc1. The van der Waals surface area contributed by atoms with Crippen molar-refractivity contribution in [3.8, 4) is 5.75 Å². The largest absolute Gasteiger partial charge is 0.486 e. The second-order valence-electron chi connectivity index (χ2n) is 3.52. The third kappa shape index (κ3) is 4.38. The first-order valence-electron chi connectivity index (χ1n) is 5.14. The summed E-state index contributed by atoms with van der Waals surface area (Å²) in [7, 11) is 1.37. The molecular weight excluding hydrogens is 309 g/mol. The summed E-state index contributed by atoms with van der Waals surface area (Å²) in [6.45, 7) is 0.256. The minimum atomic E-state index is -3.90. The Morgan fingerprint density at radius 2 is 1.79 bits per heavy atom. The molecule has 0 fully saturated rings. The molecule has 1 aromatic carbocycles. The maximum atomic E-state index is 11.3. The van der Waals surface area contributed by atoms with Gasteiger partial charge in [0.25, 0.3) is 9.05 Å². The normalized spacial score (nSPS) is 10.6. The molecule has 0 aliphatic carbocycles. The number of ether oxygens (including phenoxy) is 1. The summed E-state index contributed by atoms with van der Waals surface area (Å²) in [5, 5.41) is -0.261. The maximum absolute atomic E-state index is 11.3.